The fourth-order valence-corrected chi connectivity index (χ4v) is 4.12. The van der Waals surface area contributed by atoms with Gasteiger partial charge in [0, 0.05) is 11.1 Å². The summed E-state index contributed by atoms with van der Waals surface area (Å²) < 4.78 is 12.5. The van der Waals surface area contributed by atoms with E-state index in [0.717, 1.165) is 36.9 Å². The second kappa shape index (κ2) is 9.21. The number of rotatable bonds is 7. The highest BCUT2D eigenvalue weighted by Crippen LogP contribution is 2.35. The summed E-state index contributed by atoms with van der Waals surface area (Å²) in [4.78, 5) is 0. The smallest absolute Gasteiger partial charge is 0.148 e. The van der Waals surface area contributed by atoms with Crippen LogP contribution in [0.1, 0.15) is 27.2 Å². The van der Waals surface area contributed by atoms with E-state index in [9.17, 15) is 0 Å². The van der Waals surface area contributed by atoms with Gasteiger partial charge in [0.2, 0.25) is 0 Å². The van der Waals surface area contributed by atoms with Crippen LogP contribution in [-0.2, 0) is 0 Å². The Kier molecular flexibility index (Phi) is 6.94. The average molecular weight is 515 g/mol. The summed E-state index contributed by atoms with van der Waals surface area (Å²) in [7, 11) is 0. The van der Waals surface area contributed by atoms with Crippen LogP contribution in [0.15, 0.2) is 36.4 Å². The van der Waals surface area contributed by atoms with E-state index in [0.29, 0.717) is 17.4 Å². The molecular weight excluding hydrogens is 495 g/mol. The van der Waals surface area contributed by atoms with Crippen LogP contribution in [0, 0.1) is 3.57 Å². The molecule has 0 bridgehead atoms. The molecule has 0 aliphatic carbocycles. The van der Waals surface area contributed by atoms with Gasteiger partial charge < -0.3 is 9.47 Å². The molecule has 0 spiro atoms. The van der Waals surface area contributed by atoms with Crippen molar-refractivity contribution in [3.8, 4) is 32.6 Å². The molecule has 0 saturated carbocycles. The van der Waals surface area contributed by atoms with Crippen molar-refractivity contribution in [1.82, 2.24) is 10.2 Å². The maximum absolute atomic E-state index is 6.34. The van der Waals surface area contributed by atoms with Crippen molar-refractivity contribution in [1.29, 1.82) is 0 Å². The van der Waals surface area contributed by atoms with Crippen LogP contribution in [0.4, 0.5) is 0 Å². The fraction of sp³-hybridized carbons (Fsp3) is 0.300. The Morgan fingerprint density at radius 1 is 1.04 bits per heavy atom. The Labute approximate surface area is 182 Å². The molecule has 0 unspecified atom stereocenters. The SMILES string of the molecule is CCCOc1ccc(-c2nnc(-c3ccc(OC(C)C)c(I)c3)s2)cc1Cl. The summed E-state index contributed by atoms with van der Waals surface area (Å²) in [6.07, 6.45) is 1.09. The number of benzene rings is 2. The molecule has 0 fully saturated rings. The molecule has 7 heteroatoms. The lowest BCUT2D eigenvalue weighted by Gasteiger charge is -2.11. The number of hydrogen-bond acceptors (Lipinski definition) is 5. The van der Waals surface area contributed by atoms with Gasteiger partial charge in [-0.25, -0.2) is 0 Å². The predicted molar refractivity (Wildman–Crippen MR) is 120 cm³/mol. The molecule has 0 aliphatic rings. The zero-order valence-electron chi connectivity index (χ0n) is 15.3. The molecule has 3 aromatic rings. The molecule has 1 aromatic heterocycles. The van der Waals surface area contributed by atoms with Gasteiger partial charge in [0.05, 0.1) is 21.3 Å². The lowest BCUT2D eigenvalue weighted by Crippen LogP contribution is -2.06. The topological polar surface area (TPSA) is 44.2 Å². The minimum atomic E-state index is 0.145. The minimum absolute atomic E-state index is 0.145. The molecule has 0 amide bonds. The molecule has 142 valence electrons. The van der Waals surface area contributed by atoms with E-state index in [1.165, 1.54) is 11.3 Å². The second-order valence-corrected chi connectivity index (χ2v) is 8.76. The highest BCUT2D eigenvalue weighted by molar-refractivity contribution is 14.1. The first-order valence-electron chi connectivity index (χ1n) is 8.70. The van der Waals surface area contributed by atoms with Crippen molar-refractivity contribution >= 4 is 45.5 Å². The minimum Gasteiger partial charge on any atom is -0.492 e. The van der Waals surface area contributed by atoms with E-state index >= 15 is 0 Å². The van der Waals surface area contributed by atoms with Gasteiger partial charge in [-0.15, -0.1) is 10.2 Å². The highest BCUT2D eigenvalue weighted by Gasteiger charge is 2.13. The Balaban J connectivity index is 1.82. The van der Waals surface area contributed by atoms with Crippen molar-refractivity contribution in [2.24, 2.45) is 0 Å². The Hall–Kier alpha value is -1.38. The average Bonchev–Trinajstić information content (AvgIpc) is 3.12. The van der Waals surface area contributed by atoms with Crippen LogP contribution >= 0.6 is 45.5 Å². The van der Waals surface area contributed by atoms with Crippen LogP contribution in [0.2, 0.25) is 5.02 Å². The first kappa shape index (κ1) is 20.4. The van der Waals surface area contributed by atoms with Crippen molar-refractivity contribution < 1.29 is 9.47 Å². The second-order valence-electron chi connectivity index (χ2n) is 6.22. The van der Waals surface area contributed by atoms with Gasteiger partial charge in [0.15, 0.2) is 0 Å². The molecular formula is C20H20ClIN2O2S. The van der Waals surface area contributed by atoms with Crippen LogP contribution in [-0.4, -0.2) is 22.9 Å². The molecule has 2 aromatic carbocycles. The summed E-state index contributed by atoms with van der Waals surface area (Å²) >= 11 is 10.2. The number of hydrogen-bond donors (Lipinski definition) is 0. The number of ether oxygens (including phenoxy) is 2. The molecule has 0 atom stereocenters. The largest absolute Gasteiger partial charge is 0.492 e. The summed E-state index contributed by atoms with van der Waals surface area (Å²) in [5, 5.41) is 11.0. The maximum Gasteiger partial charge on any atom is 0.148 e. The van der Waals surface area contributed by atoms with E-state index < -0.39 is 0 Å². The fourth-order valence-electron chi connectivity index (χ4n) is 2.40. The number of aromatic nitrogens is 2. The van der Waals surface area contributed by atoms with E-state index in [4.69, 9.17) is 21.1 Å². The van der Waals surface area contributed by atoms with Crippen LogP contribution in [0.25, 0.3) is 21.1 Å². The number of nitrogens with zero attached hydrogens (tertiary/aromatic N) is 2. The molecule has 0 radical (unpaired) electrons. The molecule has 0 aliphatic heterocycles. The first-order valence-corrected chi connectivity index (χ1v) is 11.0. The van der Waals surface area contributed by atoms with E-state index in [2.05, 4.69) is 45.8 Å². The first-order chi connectivity index (χ1) is 13.0. The van der Waals surface area contributed by atoms with Crippen LogP contribution in [0.5, 0.6) is 11.5 Å². The molecule has 1 heterocycles. The van der Waals surface area contributed by atoms with E-state index in [1.54, 1.807) is 0 Å². The molecule has 0 N–H and O–H groups in total. The van der Waals surface area contributed by atoms with Crippen molar-refractivity contribution in [3.63, 3.8) is 0 Å². The molecule has 3 rings (SSSR count). The Morgan fingerprint density at radius 3 is 2.22 bits per heavy atom. The lowest BCUT2D eigenvalue weighted by atomic mass is 10.2. The van der Waals surface area contributed by atoms with Crippen molar-refractivity contribution in [2.45, 2.75) is 33.3 Å². The van der Waals surface area contributed by atoms with Gasteiger partial charge >= 0.3 is 0 Å². The van der Waals surface area contributed by atoms with Crippen LogP contribution in [0.3, 0.4) is 0 Å². The normalized spacial score (nSPS) is 11.0. The Bertz CT molecular complexity index is 930. The lowest BCUT2D eigenvalue weighted by molar-refractivity contribution is 0.240. The van der Waals surface area contributed by atoms with E-state index in [1.807, 2.05) is 44.2 Å². The third-order valence-corrected chi connectivity index (χ3v) is 5.77. The zero-order valence-corrected chi connectivity index (χ0v) is 19.1. The maximum atomic E-state index is 6.34. The third kappa shape index (κ3) is 5.12. The van der Waals surface area contributed by atoms with Gasteiger partial charge in [-0.1, -0.05) is 29.9 Å². The van der Waals surface area contributed by atoms with Gasteiger partial charge in [-0.3, -0.25) is 0 Å². The van der Waals surface area contributed by atoms with Crippen molar-refractivity contribution in [2.75, 3.05) is 6.61 Å². The van der Waals surface area contributed by atoms with Crippen LogP contribution < -0.4 is 9.47 Å². The van der Waals surface area contributed by atoms with Gasteiger partial charge in [-0.2, -0.15) is 0 Å². The third-order valence-electron chi connectivity index (χ3n) is 3.61. The Morgan fingerprint density at radius 2 is 1.67 bits per heavy atom. The quantitative estimate of drug-likeness (QED) is 0.329. The molecule has 27 heavy (non-hydrogen) atoms. The molecule has 0 saturated heterocycles. The van der Waals surface area contributed by atoms with Gasteiger partial charge in [-0.05, 0) is 79.3 Å². The monoisotopic (exact) mass is 514 g/mol. The summed E-state index contributed by atoms with van der Waals surface area (Å²) in [6, 6.07) is 11.8. The van der Waals surface area contributed by atoms with Gasteiger partial charge in [0.1, 0.15) is 21.5 Å². The van der Waals surface area contributed by atoms with Crippen molar-refractivity contribution in [3.05, 3.63) is 45.0 Å². The standard InChI is InChI=1S/C20H20ClIN2O2S/c1-4-9-25-17-7-5-13(10-15(17)21)19-23-24-20(27-19)14-6-8-18(16(22)11-14)26-12(2)3/h5-8,10-12H,4,9H2,1-3H3. The predicted octanol–water partition coefficient (Wildman–Crippen LogP) is 6.71. The highest BCUT2D eigenvalue weighted by atomic mass is 127. The molecule has 4 nitrogen and oxygen atoms in total. The summed E-state index contributed by atoms with van der Waals surface area (Å²) in [5.74, 6) is 1.58. The van der Waals surface area contributed by atoms with Gasteiger partial charge in [0.25, 0.3) is 0 Å². The number of halogens is 2. The summed E-state index contributed by atoms with van der Waals surface area (Å²) in [6.45, 7) is 6.75. The zero-order chi connectivity index (χ0) is 19.4. The summed E-state index contributed by atoms with van der Waals surface area (Å²) in [5.41, 5.74) is 1.95. The van der Waals surface area contributed by atoms with E-state index in [-0.39, 0.29) is 6.10 Å².